The maximum Gasteiger partial charge on any atom is 0.159 e. The number of aromatic nitrogens is 2. The lowest BCUT2D eigenvalue weighted by atomic mass is 10.1. The molecule has 0 atom stereocenters. The molecule has 0 fully saturated rings. The molecule has 0 aliphatic rings. The number of imidazole rings is 1. The Hall–Kier alpha value is -1.52. The van der Waals surface area contributed by atoms with Crippen LogP contribution in [-0.2, 0) is 13.7 Å². The van der Waals surface area contributed by atoms with Crippen LogP contribution in [0.5, 0.6) is 5.75 Å². The maximum absolute atomic E-state index is 11.2. The molecule has 19 heavy (non-hydrogen) atoms. The van der Waals surface area contributed by atoms with Crippen molar-refractivity contribution >= 4 is 29.0 Å². The molecule has 0 radical (unpaired) electrons. The zero-order valence-corrected chi connectivity index (χ0v) is 12.0. The average Bonchev–Trinajstić information content (AvgIpc) is 2.68. The van der Waals surface area contributed by atoms with E-state index in [1.165, 1.54) is 6.92 Å². The van der Waals surface area contributed by atoms with E-state index >= 15 is 0 Å². The minimum absolute atomic E-state index is 0.0377. The Morgan fingerprint density at radius 3 is 2.68 bits per heavy atom. The zero-order chi connectivity index (χ0) is 14.0. The van der Waals surface area contributed by atoms with Gasteiger partial charge in [0.2, 0.25) is 0 Å². The van der Waals surface area contributed by atoms with Gasteiger partial charge in [0.25, 0.3) is 0 Å². The summed E-state index contributed by atoms with van der Waals surface area (Å²) in [6, 6.07) is 4.93. The van der Waals surface area contributed by atoms with Crippen molar-refractivity contribution in [3.05, 3.63) is 46.0 Å². The Bertz CT molecular complexity index is 623. The topological polar surface area (TPSA) is 44.1 Å². The fourth-order valence-electron chi connectivity index (χ4n) is 1.54. The van der Waals surface area contributed by atoms with E-state index in [4.69, 9.17) is 27.9 Å². The summed E-state index contributed by atoms with van der Waals surface area (Å²) < 4.78 is 7.29. The molecule has 2 aromatic rings. The van der Waals surface area contributed by atoms with Crippen molar-refractivity contribution in [1.29, 1.82) is 0 Å². The SMILES string of the molecule is CC(=O)c1ccc(OCc2ncc(Cl)n2C)c(Cl)c1. The summed E-state index contributed by atoms with van der Waals surface area (Å²) in [5.41, 5.74) is 0.553. The molecule has 0 aliphatic heterocycles. The van der Waals surface area contributed by atoms with Crippen molar-refractivity contribution in [2.75, 3.05) is 0 Å². The quantitative estimate of drug-likeness (QED) is 0.811. The summed E-state index contributed by atoms with van der Waals surface area (Å²) >= 11 is 11.9. The molecule has 1 aromatic heterocycles. The number of carbonyl (C=O) groups is 1. The minimum atomic E-state index is -0.0377. The highest BCUT2D eigenvalue weighted by Gasteiger charge is 2.09. The summed E-state index contributed by atoms with van der Waals surface area (Å²) in [6.45, 7) is 1.74. The molecule has 0 saturated heterocycles. The number of nitrogens with zero attached hydrogens (tertiary/aromatic N) is 2. The number of carbonyl (C=O) groups excluding carboxylic acids is 1. The number of benzene rings is 1. The highest BCUT2D eigenvalue weighted by atomic mass is 35.5. The second kappa shape index (κ2) is 5.63. The first-order valence-corrected chi connectivity index (χ1v) is 6.34. The van der Waals surface area contributed by atoms with E-state index < -0.39 is 0 Å². The number of halogens is 2. The summed E-state index contributed by atoms with van der Waals surface area (Å²) in [4.78, 5) is 15.3. The molecule has 1 aromatic carbocycles. The van der Waals surface area contributed by atoms with E-state index in [1.807, 2.05) is 0 Å². The number of ether oxygens (including phenoxy) is 1. The first-order valence-electron chi connectivity index (χ1n) is 5.58. The monoisotopic (exact) mass is 298 g/mol. The summed E-state index contributed by atoms with van der Waals surface area (Å²) in [5, 5.41) is 0.935. The van der Waals surface area contributed by atoms with E-state index in [2.05, 4.69) is 4.98 Å². The molecule has 1 heterocycles. The van der Waals surface area contributed by atoms with Gasteiger partial charge in [-0.05, 0) is 25.1 Å². The van der Waals surface area contributed by atoms with Crippen molar-refractivity contribution < 1.29 is 9.53 Å². The fraction of sp³-hybridized carbons (Fsp3) is 0.231. The lowest BCUT2D eigenvalue weighted by molar-refractivity contribution is 0.101. The van der Waals surface area contributed by atoms with Gasteiger partial charge in [-0.25, -0.2) is 4.98 Å². The van der Waals surface area contributed by atoms with E-state index in [9.17, 15) is 4.79 Å². The maximum atomic E-state index is 11.2. The summed E-state index contributed by atoms with van der Waals surface area (Å²) in [6.07, 6.45) is 1.56. The number of hydrogen-bond donors (Lipinski definition) is 0. The number of ketones is 1. The van der Waals surface area contributed by atoms with Crippen molar-refractivity contribution in [3.8, 4) is 5.75 Å². The smallest absolute Gasteiger partial charge is 0.159 e. The largest absolute Gasteiger partial charge is 0.484 e. The molecule has 0 saturated carbocycles. The van der Waals surface area contributed by atoms with Crippen LogP contribution in [0.4, 0.5) is 0 Å². The third kappa shape index (κ3) is 3.08. The highest BCUT2D eigenvalue weighted by Crippen LogP contribution is 2.26. The molecule has 0 bridgehead atoms. The van der Waals surface area contributed by atoms with Gasteiger partial charge in [-0.2, -0.15) is 0 Å². The van der Waals surface area contributed by atoms with Crippen LogP contribution in [0.1, 0.15) is 23.1 Å². The molecule has 0 N–H and O–H groups in total. The number of hydrogen-bond acceptors (Lipinski definition) is 3. The number of Topliss-reactive ketones (excluding diaryl/α,β-unsaturated/α-hetero) is 1. The van der Waals surface area contributed by atoms with Gasteiger partial charge in [0, 0.05) is 12.6 Å². The van der Waals surface area contributed by atoms with Crippen molar-refractivity contribution in [2.24, 2.45) is 7.05 Å². The van der Waals surface area contributed by atoms with Crippen molar-refractivity contribution in [3.63, 3.8) is 0 Å². The molecule has 4 nitrogen and oxygen atoms in total. The zero-order valence-electron chi connectivity index (χ0n) is 10.5. The minimum Gasteiger partial charge on any atom is -0.484 e. The Morgan fingerprint density at radius 1 is 1.42 bits per heavy atom. The standard InChI is InChI=1S/C13H12Cl2N2O2/c1-8(18)9-3-4-11(10(14)5-9)19-7-13-16-6-12(15)17(13)2/h3-6H,7H2,1-2H3. The molecule has 0 unspecified atom stereocenters. The van der Waals surface area contributed by atoms with Crippen molar-refractivity contribution in [1.82, 2.24) is 9.55 Å². The normalized spacial score (nSPS) is 10.5. The van der Waals surface area contributed by atoms with Gasteiger partial charge in [-0.15, -0.1) is 0 Å². The Morgan fingerprint density at radius 2 is 2.16 bits per heavy atom. The predicted octanol–water partition coefficient (Wildman–Crippen LogP) is 3.51. The van der Waals surface area contributed by atoms with Crippen LogP contribution in [-0.4, -0.2) is 15.3 Å². The summed E-state index contributed by atoms with van der Waals surface area (Å²) in [5.74, 6) is 1.16. The molecule has 0 amide bonds. The van der Waals surface area contributed by atoms with E-state index in [1.54, 1.807) is 36.0 Å². The first kappa shape index (κ1) is 13.9. The van der Waals surface area contributed by atoms with Gasteiger partial charge in [0.1, 0.15) is 23.3 Å². The molecule has 2 rings (SSSR count). The van der Waals surface area contributed by atoms with E-state index in [-0.39, 0.29) is 12.4 Å². The number of rotatable bonds is 4. The lowest BCUT2D eigenvalue weighted by Gasteiger charge is -2.09. The molecular weight excluding hydrogens is 287 g/mol. The Kier molecular flexibility index (Phi) is 4.12. The lowest BCUT2D eigenvalue weighted by Crippen LogP contribution is -2.04. The summed E-state index contributed by atoms with van der Waals surface area (Å²) in [7, 11) is 1.80. The third-order valence-electron chi connectivity index (χ3n) is 2.72. The van der Waals surface area contributed by atoms with Crippen molar-refractivity contribution in [2.45, 2.75) is 13.5 Å². The fourth-order valence-corrected chi connectivity index (χ4v) is 1.92. The van der Waals surface area contributed by atoms with E-state index in [0.717, 1.165) is 0 Å². The van der Waals surface area contributed by atoms with Gasteiger partial charge < -0.3 is 9.30 Å². The Balaban J connectivity index is 2.12. The van der Waals surface area contributed by atoms with Crippen LogP contribution in [0.2, 0.25) is 10.2 Å². The van der Waals surface area contributed by atoms with Crippen LogP contribution >= 0.6 is 23.2 Å². The van der Waals surface area contributed by atoms with Crippen LogP contribution in [0.3, 0.4) is 0 Å². The molecule has 0 spiro atoms. The average molecular weight is 299 g/mol. The highest BCUT2D eigenvalue weighted by molar-refractivity contribution is 6.32. The molecular formula is C13H12Cl2N2O2. The van der Waals surface area contributed by atoms with Gasteiger partial charge in [-0.3, -0.25) is 4.79 Å². The Labute approximate surface area is 120 Å². The second-order valence-electron chi connectivity index (χ2n) is 4.05. The van der Waals surface area contributed by atoms with Gasteiger partial charge in [0.15, 0.2) is 5.78 Å². The van der Waals surface area contributed by atoms with Gasteiger partial charge in [0.05, 0.1) is 11.2 Å². The molecule has 6 heteroatoms. The van der Waals surface area contributed by atoms with Crippen LogP contribution in [0.15, 0.2) is 24.4 Å². The first-order chi connectivity index (χ1) is 8.99. The van der Waals surface area contributed by atoms with Gasteiger partial charge in [-0.1, -0.05) is 23.2 Å². The molecule has 100 valence electrons. The predicted molar refractivity (Wildman–Crippen MR) is 74.0 cm³/mol. The van der Waals surface area contributed by atoms with Crippen LogP contribution < -0.4 is 4.74 Å². The van der Waals surface area contributed by atoms with Crippen LogP contribution in [0.25, 0.3) is 0 Å². The second-order valence-corrected chi connectivity index (χ2v) is 4.84. The van der Waals surface area contributed by atoms with Gasteiger partial charge >= 0.3 is 0 Å². The van der Waals surface area contributed by atoms with E-state index in [0.29, 0.717) is 27.3 Å². The molecule has 0 aliphatic carbocycles. The van der Waals surface area contributed by atoms with Crippen LogP contribution in [0, 0.1) is 0 Å². The third-order valence-corrected chi connectivity index (χ3v) is 3.37.